The maximum absolute atomic E-state index is 13.0. The number of aromatic nitrogens is 1. The summed E-state index contributed by atoms with van der Waals surface area (Å²) < 4.78 is 0. The number of carbonyl (C=O) groups excluding carboxylic acids is 2. The van der Waals surface area contributed by atoms with Gasteiger partial charge in [0.2, 0.25) is 17.4 Å². The zero-order valence-electron chi connectivity index (χ0n) is 34.9. The first kappa shape index (κ1) is 49.2. The number of nitrogens with two attached hydrogens (primary N) is 1. The topological polar surface area (TPSA) is 201 Å². The Labute approximate surface area is 374 Å². The first-order chi connectivity index (χ1) is 29.0. The number of rotatable bonds is 18. The number of aliphatic hydroxyl groups excluding tert-OH is 1. The van der Waals surface area contributed by atoms with Gasteiger partial charge in [-0.1, -0.05) is 60.7 Å². The number of H-pyrrole nitrogens is 1. The van der Waals surface area contributed by atoms with Gasteiger partial charge in [-0.3, -0.25) is 19.3 Å². The summed E-state index contributed by atoms with van der Waals surface area (Å²) in [5.41, 5.74) is 11.8. The van der Waals surface area contributed by atoms with Gasteiger partial charge in [-0.05, 0) is 104 Å². The lowest BCUT2D eigenvalue weighted by Gasteiger charge is -2.35. The second kappa shape index (κ2) is 23.7. The number of aromatic hydroxyl groups is 1. The predicted octanol–water partition coefficient (Wildman–Crippen LogP) is 7.91. The van der Waals surface area contributed by atoms with E-state index in [0.29, 0.717) is 73.9 Å². The highest BCUT2D eigenvalue weighted by atomic mass is 35.5. The number of nitrogens with one attached hydrogen (secondary N) is 3. The minimum atomic E-state index is -0.975. The van der Waals surface area contributed by atoms with E-state index in [-0.39, 0.29) is 72.1 Å². The van der Waals surface area contributed by atoms with Gasteiger partial charge in [0.25, 0.3) is 0 Å². The summed E-state index contributed by atoms with van der Waals surface area (Å²) >= 11 is 0. The van der Waals surface area contributed by atoms with Crippen molar-refractivity contribution in [1.29, 1.82) is 0 Å². The van der Waals surface area contributed by atoms with Crippen LogP contribution in [0, 0.1) is 0 Å². The van der Waals surface area contributed by atoms with Crippen molar-refractivity contribution in [3.05, 3.63) is 124 Å². The van der Waals surface area contributed by atoms with E-state index in [1.807, 2.05) is 72.8 Å². The van der Waals surface area contributed by atoms with Crippen molar-refractivity contribution < 1.29 is 29.7 Å². The Kier molecular flexibility index (Phi) is 18.8. The molecule has 0 radical (unpaired) electrons. The molecule has 4 aromatic carbocycles. The lowest BCUT2D eigenvalue weighted by atomic mass is 9.89. The number of nitrogens with zero attached hydrogens (tertiary/aromatic N) is 2. The van der Waals surface area contributed by atoms with Crippen LogP contribution in [-0.4, -0.2) is 75.3 Å². The largest absolute Gasteiger partial charge is 0.506 e. The third-order valence-corrected chi connectivity index (χ3v) is 11.3. The summed E-state index contributed by atoms with van der Waals surface area (Å²) in [7, 11) is 1.78. The molecule has 1 aliphatic carbocycles. The number of fused-ring (bicyclic) bond motifs is 1. The van der Waals surface area contributed by atoms with E-state index in [1.165, 1.54) is 17.0 Å². The monoisotopic (exact) mass is 888 g/mol. The minimum Gasteiger partial charge on any atom is -0.506 e. The van der Waals surface area contributed by atoms with Crippen LogP contribution in [0.25, 0.3) is 22.0 Å². The molecule has 3 amide bonds. The lowest BCUT2D eigenvalue weighted by Crippen LogP contribution is -2.44. The Morgan fingerprint density at radius 3 is 2.27 bits per heavy atom. The maximum Gasteiger partial charge on any atom is 0.412 e. The predicted molar refractivity (Wildman–Crippen MR) is 250 cm³/mol. The molecule has 1 atom stereocenters. The molecular weight excluding hydrogens is 831 g/mol. The molecule has 15 heteroatoms. The smallest absolute Gasteiger partial charge is 0.412 e. The molecule has 1 fully saturated rings. The van der Waals surface area contributed by atoms with Crippen molar-refractivity contribution in [3.8, 4) is 16.9 Å². The number of halogens is 2. The number of anilines is 2. The number of aromatic amines is 1. The van der Waals surface area contributed by atoms with Gasteiger partial charge in [0.05, 0.1) is 17.3 Å². The number of hydrogen-bond acceptors (Lipinski definition) is 8. The summed E-state index contributed by atoms with van der Waals surface area (Å²) in [5.74, 6) is -0.137. The molecule has 62 heavy (non-hydrogen) atoms. The molecule has 0 spiro atoms. The van der Waals surface area contributed by atoms with Crippen molar-refractivity contribution in [2.45, 2.75) is 88.9 Å². The average Bonchev–Trinajstić information content (AvgIpc) is 3.24. The van der Waals surface area contributed by atoms with Gasteiger partial charge in [0, 0.05) is 74.3 Å². The molecule has 1 aliphatic rings. The normalized spacial score (nSPS) is 15.1. The van der Waals surface area contributed by atoms with Crippen molar-refractivity contribution in [3.63, 3.8) is 0 Å². The van der Waals surface area contributed by atoms with Crippen LogP contribution in [0.15, 0.2) is 102 Å². The fourth-order valence-electron chi connectivity index (χ4n) is 7.95. The zero-order valence-corrected chi connectivity index (χ0v) is 36.6. The minimum absolute atomic E-state index is 0. The van der Waals surface area contributed by atoms with Crippen LogP contribution < -0.4 is 26.8 Å². The van der Waals surface area contributed by atoms with Crippen LogP contribution in [-0.2, 0) is 22.6 Å². The fourth-order valence-corrected chi connectivity index (χ4v) is 7.95. The average molecular weight is 890 g/mol. The maximum atomic E-state index is 13.0. The molecule has 0 bridgehead atoms. The number of unbranched alkanes of at least 4 members (excludes halogenated alkanes) is 1. The van der Waals surface area contributed by atoms with Crippen LogP contribution >= 0.6 is 24.8 Å². The molecule has 8 N–H and O–H groups in total. The van der Waals surface area contributed by atoms with E-state index >= 15 is 0 Å². The summed E-state index contributed by atoms with van der Waals surface area (Å²) in [6, 6.07) is 29.2. The molecule has 332 valence electrons. The van der Waals surface area contributed by atoms with E-state index in [1.54, 1.807) is 24.1 Å². The number of pyridine rings is 1. The van der Waals surface area contributed by atoms with Crippen molar-refractivity contribution in [1.82, 2.24) is 15.2 Å². The SMILES string of the molecule is CN(CCCCC(=O)Nc1ccc(CNC[C@H](O)c2ccc(O)c3[nH]c(=O)ccc23)cc1)C(=O)CCCc1ccc(-c2ccccc2)c(N(C(=O)O)C2CCC(N)CC2)c1.Cl.Cl. The van der Waals surface area contributed by atoms with E-state index < -0.39 is 12.2 Å². The first-order valence-corrected chi connectivity index (χ1v) is 20.8. The van der Waals surface area contributed by atoms with Crippen LogP contribution in [0.1, 0.15) is 80.6 Å². The first-order valence-electron chi connectivity index (χ1n) is 20.8. The molecule has 5 aromatic rings. The number of aryl methyl sites for hydroxylation is 1. The number of hydrogen-bond donors (Lipinski definition) is 7. The lowest BCUT2D eigenvalue weighted by molar-refractivity contribution is -0.130. The van der Waals surface area contributed by atoms with Gasteiger partial charge in [-0.2, -0.15) is 0 Å². The molecule has 1 saturated carbocycles. The molecule has 0 unspecified atom stereocenters. The number of benzene rings is 4. The third kappa shape index (κ3) is 13.3. The number of amides is 3. The van der Waals surface area contributed by atoms with Gasteiger partial charge in [0.1, 0.15) is 5.75 Å². The molecule has 6 rings (SSSR count). The van der Waals surface area contributed by atoms with Gasteiger partial charge < -0.3 is 41.6 Å². The van der Waals surface area contributed by atoms with Crippen LogP contribution in [0.4, 0.5) is 16.2 Å². The molecule has 0 aliphatic heterocycles. The molecular formula is C47H58Cl2N6O7. The van der Waals surface area contributed by atoms with Crippen LogP contribution in [0.3, 0.4) is 0 Å². The molecule has 13 nitrogen and oxygen atoms in total. The van der Waals surface area contributed by atoms with Crippen LogP contribution in [0.2, 0.25) is 0 Å². The third-order valence-electron chi connectivity index (χ3n) is 11.3. The summed E-state index contributed by atoms with van der Waals surface area (Å²) in [5, 5.41) is 38.0. The highest BCUT2D eigenvalue weighted by molar-refractivity contribution is 5.94. The van der Waals surface area contributed by atoms with Crippen LogP contribution in [0.5, 0.6) is 5.75 Å². The van der Waals surface area contributed by atoms with E-state index in [9.17, 15) is 34.5 Å². The van der Waals surface area contributed by atoms with Crippen molar-refractivity contribution in [2.75, 3.05) is 30.4 Å². The Bertz CT molecular complexity index is 2300. The number of carbonyl (C=O) groups is 3. The van der Waals surface area contributed by atoms with Crippen molar-refractivity contribution >= 4 is 65.0 Å². The molecule has 1 heterocycles. The number of phenolic OH excluding ortho intramolecular Hbond substituents is 1. The Balaban J connectivity index is 0.00000422. The van der Waals surface area contributed by atoms with Gasteiger partial charge in [-0.15, -0.1) is 24.8 Å². The number of phenols is 1. The Morgan fingerprint density at radius 2 is 1.56 bits per heavy atom. The number of carboxylic acid groups (broad SMARTS) is 1. The number of aliphatic hydroxyl groups is 1. The second-order valence-corrected chi connectivity index (χ2v) is 15.7. The second-order valence-electron chi connectivity index (χ2n) is 15.7. The quantitative estimate of drug-likeness (QED) is 0.0427. The summed E-state index contributed by atoms with van der Waals surface area (Å²) in [4.78, 5) is 55.9. The van der Waals surface area contributed by atoms with Crippen molar-refractivity contribution in [2.24, 2.45) is 5.73 Å². The van der Waals surface area contributed by atoms with Gasteiger partial charge >= 0.3 is 6.09 Å². The fraction of sp³-hybridized carbons (Fsp3) is 0.362. The van der Waals surface area contributed by atoms with Gasteiger partial charge in [0.15, 0.2) is 0 Å². The molecule has 1 aromatic heterocycles. The van der Waals surface area contributed by atoms with Gasteiger partial charge in [-0.25, -0.2) is 4.79 Å². The molecule has 0 saturated heterocycles. The summed E-state index contributed by atoms with van der Waals surface area (Å²) in [6.07, 6.45) is 4.43. The Hall–Kier alpha value is -5.44. The van der Waals surface area contributed by atoms with E-state index in [0.717, 1.165) is 47.9 Å². The Morgan fingerprint density at radius 1 is 0.855 bits per heavy atom. The highest BCUT2D eigenvalue weighted by Gasteiger charge is 2.31. The zero-order chi connectivity index (χ0) is 42.6. The summed E-state index contributed by atoms with van der Waals surface area (Å²) in [6.45, 7) is 1.27. The van der Waals surface area contributed by atoms with E-state index in [4.69, 9.17) is 5.73 Å². The standard InChI is InChI=1S/C47H56N6O7.2ClH/c1-52(45(58)12-7-8-31-15-22-37(33-9-3-2-4-10-33)40(28-31)53(47(59)60)36-20-16-34(48)17-21-36)27-6-5-11-43(56)50-35-18-13-32(14-19-35)29-49-30-42(55)38-23-25-41(54)46-39(38)24-26-44(57)51-46;;/h2-4,9-10,13-15,18-19,22-26,28,34,36,42,49,54-55H,5-8,11-12,16-17,20-21,27,29-30,48H2,1H3,(H,50,56)(H,51,57)(H,59,60);2*1H/t34?,36?,42-;;/m0../s1. The highest BCUT2D eigenvalue weighted by Crippen LogP contribution is 2.36. The van der Waals surface area contributed by atoms with E-state index in [2.05, 4.69) is 15.6 Å².